The molecule has 2 N–H and O–H groups in total. The van der Waals surface area contributed by atoms with E-state index in [0.717, 1.165) is 25.1 Å². The molecule has 0 unspecified atom stereocenters. The molecule has 122 valence electrons. The van der Waals surface area contributed by atoms with E-state index in [1.54, 1.807) is 4.57 Å². The highest BCUT2D eigenvalue weighted by molar-refractivity contribution is 5.71. The van der Waals surface area contributed by atoms with Crippen molar-refractivity contribution in [3.8, 4) is 0 Å². The molecule has 0 saturated heterocycles. The van der Waals surface area contributed by atoms with Crippen LogP contribution in [0.5, 0.6) is 0 Å². The van der Waals surface area contributed by atoms with Gasteiger partial charge in [-0.25, -0.2) is 9.78 Å². The van der Waals surface area contributed by atoms with Crippen molar-refractivity contribution in [2.75, 3.05) is 6.54 Å². The van der Waals surface area contributed by atoms with Gasteiger partial charge in [0.05, 0.1) is 0 Å². The first kappa shape index (κ1) is 16.5. The summed E-state index contributed by atoms with van der Waals surface area (Å²) in [4.78, 5) is 29.8. The maximum Gasteiger partial charge on any atom is 0.332 e. The van der Waals surface area contributed by atoms with Gasteiger partial charge in [0, 0.05) is 32.6 Å². The summed E-state index contributed by atoms with van der Waals surface area (Å²) in [5.41, 5.74) is 6.16. The van der Waals surface area contributed by atoms with Gasteiger partial charge in [0.2, 0.25) is 0 Å². The first-order chi connectivity index (χ1) is 10.6. The van der Waals surface area contributed by atoms with Gasteiger partial charge >= 0.3 is 5.69 Å². The van der Waals surface area contributed by atoms with E-state index in [0.29, 0.717) is 37.3 Å². The van der Waals surface area contributed by atoms with Crippen LogP contribution in [-0.4, -0.2) is 25.2 Å². The molecule has 0 aromatic carbocycles. The van der Waals surface area contributed by atoms with E-state index in [4.69, 9.17) is 5.73 Å². The predicted octanol–water partition coefficient (Wildman–Crippen LogP) is 0.701. The first-order valence-electron chi connectivity index (χ1n) is 8.03. The van der Waals surface area contributed by atoms with Crippen LogP contribution in [0.25, 0.3) is 11.2 Å². The van der Waals surface area contributed by atoms with Crippen molar-refractivity contribution in [1.82, 2.24) is 18.7 Å². The lowest BCUT2D eigenvalue weighted by molar-refractivity contribution is 0.577. The minimum absolute atomic E-state index is 0.266. The summed E-state index contributed by atoms with van der Waals surface area (Å²) in [6.07, 6.45) is 2.50. The van der Waals surface area contributed by atoms with Crippen LogP contribution in [-0.2, 0) is 26.1 Å². The van der Waals surface area contributed by atoms with E-state index >= 15 is 0 Å². The maximum atomic E-state index is 12.7. The van der Waals surface area contributed by atoms with E-state index in [-0.39, 0.29) is 11.2 Å². The SMILES string of the molecule is CCCc1nc2c(c(=O)n(CC)c(=O)n2CCC)n1CCN. The fraction of sp³-hybridized carbons (Fsp3) is 0.667. The number of hydrogen-bond acceptors (Lipinski definition) is 4. The minimum Gasteiger partial charge on any atom is -0.329 e. The van der Waals surface area contributed by atoms with Gasteiger partial charge in [0.15, 0.2) is 11.2 Å². The lowest BCUT2D eigenvalue weighted by Crippen LogP contribution is -2.40. The summed E-state index contributed by atoms with van der Waals surface area (Å²) in [5, 5.41) is 0. The number of hydrogen-bond donors (Lipinski definition) is 1. The molecule has 0 bridgehead atoms. The topological polar surface area (TPSA) is 87.8 Å². The highest BCUT2D eigenvalue weighted by atomic mass is 16.2. The molecule has 0 saturated carbocycles. The molecular formula is C15H25N5O2. The lowest BCUT2D eigenvalue weighted by atomic mass is 10.3. The van der Waals surface area contributed by atoms with E-state index in [9.17, 15) is 9.59 Å². The summed E-state index contributed by atoms with van der Waals surface area (Å²) in [6, 6.07) is 0. The number of aromatic nitrogens is 4. The van der Waals surface area contributed by atoms with Gasteiger partial charge in [-0.3, -0.25) is 13.9 Å². The van der Waals surface area contributed by atoms with Crippen molar-refractivity contribution in [2.45, 2.75) is 59.7 Å². The fourth-order valence-corrected chi connectivity index (χ4v) is 2.82. The molecule has 0 radical (unpaired) electrons. The Morgan fingerprint density at radius 1 is 1.00 bits per heavy atom. The third kappa shape index (κ3) is 2.61. The van der Waals surface area contributed by atoms with E-state index in [1.165, 1.54) is 4.57 Å². The molecule has 0 aliphatic rings. The molecule has 0 amide bonds. The quantitative estimate of drug-likeness (QED) is 0.815. The molecule has 0 aliphatic heterocycles. The number of aryl methyl sites for hydroxylation is 2. The second kappa shape index (κ2) is 6.91. The van der Waals surface area contributed by atoms with Crippen LogP contribution in [0.15, 0.2) is 9.59 Å². The molecule has 0 aliphatic carbocycles. The third-order valence-corrected chi connectivity index (χ3v) is 3.78. The zero-order valence-electron chi connectivity index (χ0n) is 13.6. The number of rotatable bonds is 7. The van der Waals surface area contributed by atoms with Crippen LogP contribution in [0.4, 0.5) is 0 Å². The van der Waals surface area contributed by atoms with E-state index in [1.807, 2.05) is 18.4 Å². The summed E-state index contributed by atoms with van der Waals surface area (Å²) < 4.78 is 4.79. The Hall–Kier alpha value is -1.89. The number of imidazole rings is 1. The Bertz CT molecular complexity index is 769. The number of nitrogens with two attached hydrogens (primary N) is 1. The average Bonchev–Trinajstić information content (AvgIpc) is 2.84. The standard InChI is InChI=1S/C15H25N5O2/c1-4-7-11-17-13-12(19(11)10-8-16)14(21)18(6-3)15(22)20(13)9-5-2/h4-10,16H2,1-3H3. The number of fused-ring (bicyclic) bond motifs is 1. The molecule has 2 rings (SSSR count). The van der Waals surface area contributed by atoms with Crippen LogP contribution in [0.1, 0.15) is 39.4 Å². The third-order valence-electron chi connectivity index (χ3n) is 3.78. The Morgan fingerprint density at radius 3 is 2.27 bits per heavy atom. The van der Waals surface area contributed by atoms with Crippen LogP contribution in [0.2, 0.25) is 0 Å². The molecule has 2 aromatic rings. The van der Waals surface area contributed by atoms with Crippen molar-refractivity contribution in [2.24, 2.45) is 5.73 Å². The fourth-order valence-electron chi connectivity index (χ4n) is 2.82. The van der Waals surface area contributed by atoms with E-state index in [2.05, 4.69) is 11.9 Å². The minimum atomic E-state index is -0.276. The van der Waals surface area contributed by atoms with Crippen molar-refractivity contribution in [3.63, 3.8) is 0 Å². The molecule has 7 heteroatoms. The highest BCUT2D eigenvalue weighted by Gasteiger charge is 2.20. The molecular weight excluding hydrogens is 282 g/mol. The Labute approximate surface area is 129 Å². The molecule has 22 heavy (non-hydrogen) atoms. The van der Waals surface area contributed by atoms with Crippen molar-refractivity contribution in [3.05, 3.63) is 26.7 Å². The van der Waals surface area contributed by atoms with Crippen LogP contribution in [0, 0.1) is 0 Å². The van der Waals surface area contributed by atoms with Crippen LogP contribution < -0.4 is 17.0 Å². The van der Waals surface area contributed by atoms with Crippen LogP contribution in [0.3, 0.4) is 0 Å². The van der Waals surface area contributed by atoms with Crippen molar-refractivity contribution in [1.29, 1.82) is 0 Å². The molecule has 0 spiro atoms. The second-order valence-corrected chi connectivity index (χ2v) is 5.37. The predicted molar refractivity (Wildman–Crippen MR) is 87.3 cm³/mol. The molecule has 0 fully saturated rings. The van der Waals surface area contributed by atoms with Gasteiger partial charge in [-0.1, -0.05) is 13.8 Å². The summed E-state index contributed by atoms with van der Waals surface area (Å²) >= 11 is 0. The zero-order chi connectivity index (χ0) is 16.3. The molecule has 7 nitrogen and oxygen atoms in total. The van der Waals surface area contributed by atoms with Gasteiger partial charge in [0.25, 0.3) is 5.56 Å². The Balaban J connectivity index is 2.92. The van der Waals surface area contributed by atoms with Crippen molar-refractivity contribution < 1.29 is 0 Å². The van der Waals surface area contributed by atoms with Gasteiger partial charge in [-0.05, 0) is 19.8 Å². The number of nitrogens with zero attached hydrogens (tertiary/aromatic N) is 4. The second-order valence-electron chi connectivity index (χ2n) is 5.37. The molecule has 2 aromatic heterocycles. The van der Waals surface area contributed by atoms with E-state index < -0.39 is 0 Å². The summed E-state index contributed by atoms with van der Waals surface area (Å²) in [5.74, 6) is 0.832. The van der Waals surface area contributed by atoms with Gasteiger partial charge in [-0.15, -0.1) is 0 Å². The molecule has 2 heterocycles. The Kier molecular flexibility index (Phi) is 5.18. The zero-order valence-corrected chi connectivity index (χ0v) is 13.6. The summed E-state index contributed by atoms with van der Waals surface area (Å²) in [7, 11) is 0. The highest BCUT2D eigenvalue weighted by Crippen LogP contribution is 2.13. The van der Waals surface area contributed by atoms with Crippen molar-refractivity contribution >= 4 is 11.2 Å². The monoisotopic (exact) mass is 307 g/mol. The van der Waals surface area contributed by atoms with Crippen LogP contribution >= 0.6 is 0 Å². The lowest BCUT2D eigenvalue weighted by Gasteiger charge is -2.10. The smallest absolute Gasteiger partial charge is 0.329 e. The first-order valence-corrected chi connectivity index (χ1v) is 8.03. The average molecular weight is 307 g/mol. The van der Waals surface area contributed by atoms with Gasteiger partial charge in [-0.2, -0.15) is 0 Å². The summed E-state index contributed by atoms with van der Waals surface area (Å²) in [6.45, 7) is 7.76. The Morgan fingerprint density at radius 2 is 1.73 bits per heavy atom. The normalized spacial score (nSPS) is 11.5. The largest absolute Gasteiger partial charge is 0.332 e. The molecule has 0 atom stereocenters. The van der Waals surface area contributed by atoms with Gasteiger partial charge in [0.1, 0.15) is 5.82 Å². The maximum absolute atomic E-state index is 12.7. The van der Waals surface area contributed by atoms with Gasteiger partial charge < -0.3 is 10.3 Å².